The Morgan fingerprint density at radius 2 is 1.67 bits per heavy atom. The van der Waals surface area contributed by atoms with Crippen LogP contribution in [0, 0.1) is 5.92 Å². The lowest BCUT2D eigenvalue weighted by Crippen LogP contribution is -2.31. The molecule has 1 fully saturated rings. The average molecular weight is 398 g/mol. The highest BCUT2D eigenvalue weighted by atomic mass is 35.5. The fraction of sp³-hybridized carbons (Fsp3) is 0.421. The molecule has 7 nitrogen and oxygen atoms in total. The number of hydrogen-bond donors (Lipinski definition) is 2. The van der Waals surface area contributed by atoms with Gasteiger partial charge in [-0.15, -0.1) is 0 Å². The van der Waals surface area contributed by atoms with Crippen molar-refractivity contribution >= 4 is 29.5 Å². The number of cyclic esters (lactones) is 1. The summed E-state index contributed by atoms with van der Waals surface area (Å²) in [5.74, 6) is -2.60. The maximum absolute atomic E-state index is 11.9. The van der Waals surface area contributed by atoms with Crippen molar-refractivity contribution in [3.63, 3.8) is 0 Å². The average Bonchev–Trinajstić information content (AvgIpc) is 2.99. The topological polar surface area (TPSA) is 104 Å². The lowest BCUT2D eigenvalue weighted by Gasteiger charge is -2.19. The van der Waals surface area contributed by atoms with Gasteiger partial charge in [0.15, 0.2) is 0 Å². The van der Waals surface area contributed by atoms with Crippen LogP contribution in [0.1, 0.15) is 31.9 Å². The number of esters is 1. The van der Waals surface area contributed by atoms with Gasteiger partial charge >= 0.3 is 17.9 Å². The van der Waals surface area contributed by atoms with Gasteiger partial charge in [-0.1, -0.05) is 37.6 Å². The summed E-state index contributed by atoms with van der Waals surface area (Å²) in [6.07, 6.45) is 1.76. The Hall–Kier alpha value is -2.38. The van der Waals surface area contributed by atoms with Gasteiger partial charge in [-0.3, -0.25) is 4.79 Å². The molecule has 0 amide bonds. The number of carboxylic acids is 2. The highest BCUT2D eigenvalue weighted by Gasteiger charge is 2.35. The van der Waals surface area contributed by atoms with Crippen LogP contribution in [0.25, 0.3) is 0 Å². The predicted octanol–water partition coefficient (Wildman–Crippen LogP) is 3.00. The molecule has 0 saturated carbocycles. The largest absolute Gasteiger partial charge is 0.478 e. The highest BCUT2D eigenvalue weighted by molar-refractivity contribution is 6.30. The van der Waals surface area contributed by atoms with Gasteiger partial charge in [-0.2, -0.15) is 0 Å². The van der Waals surface area contributed by atoms with Gasteiger partial charge < -0.3 is 19.8 Å². The van der Waals surface area contributed by atoms with Gasteiger partial charge in [-0.25, -0.2) is 9.59 Å². The summed E-state index contributed by atoms with van der Waals surface area (Å²) in [7, 11) is 0. The normalized spacial score (nSPS) is 18.9. The van der Waals surface area contributed by atoms with Crippen molar-refractivity contribution in [1.82, 2.24) is 4.90 Å². The van der Waals surface area contributed by atoms with Gasteiger partial charge in [0.1, 0.15) is 6.10 Å². The quantitative estimate of drug-likeness (QED) is 0.538. The van der Waals surface area contributed by atoms with Crippen molar-refractivity contribution in [1.29, 1.82) is 0 Å². The number of carbonyl (C=O) groups is 3. The fourth-order valence-corrected chi connectivity index (χ4v) is 2.73. The maximum Gasteiger partial charge on any atom is 0.328 e. The molecule has 0 bridgehead atoms. The summed E-state index contributed by atoms with van der Waals surface area (Å²) in [6, 6.07) is 7.53. The SMILES string of the molecule is CCN(CC)CC1CC(c2ccc(Cl)cc2)OC1=O.O=C(O)/C=C/C(=O)O. The molecule has 2 unspecified atom stereocenters. The van der Waals surface area contributed by atoms with Crippen LogP contribution in [0.15, 0.2) is 36.4 Å². The monoisotopic (exact) mass is 397 g/mol. The van der Waals surface area contributed by atoms with Crippen LogP contribution in [0.2, 0.25) is 5.02 Å². The molecule has 2 N–H and O–H groups in total. The number of benzene rings is 1. The number of aliphatic carboxylic acids is 2. The smallest absolute Gasteiger partial charge is 0.328 e. The first-order valence-corrected chi connectivity index (χ1v) is 8.96. The second kappa shape index (κ2) is 11.4. The Labute approximate surface area is 163 Å². The molecule has 1 aromatic rings. The summed E-state index contributed by atoms with van der Waals surface area (Å²) in [5, 5.41) is 16.3. The minimum absolute atomic E-state index is 0.0134. The van der Waals surface area contributed by atoms with Gasteiger partial charge in [0.25, 0.3) is 0 Å². The van der Waals surface area contributed by atoms with E-state index < -0.39 is 11.9 Å². The van der Waals surface area contributed by atoms with E-state index in [-0.39, 0.29) is 18.0 Å². The number of ether oxygens (including phenoxy) is 1. The van der Waals surface area contributed by atoms with E-state index in [2.05, 4.69) is 18.7 Å². The van der Waals surface area contributed by atoms with E-state index >= 15 is 0 Å². The molecule has 0 aliphatic carbocycles. The minimum Gasteiger partial charge on any atom is -0.478 e. The first kappa shape index (κ1) is 22.7. The molecule has 1 aliphatic heterocycles. The van der Waals surface area contributed by atoms with Crippen molar-refractivity contribution in [2.75, 3.05) is 19.6 Å². The van der Waals surface area contributed by atoms with E-state index in [0.717, 1.165) is 31.6 Å². The third-order valence-corrected chi connectivity index (χ3v) is 4.33. The van der Waals surface area contributed by atoms with Crippen LogP contribution in [0.4, 0.5) is 0 Å². The van der Waals surface area contributed by atoms with E-state index in [4.69, 9.17) is 26.6 Å². The lowest BCUT2D eigenvalue weighted by atomic mass is 9.99. The van der Waals surface area contributed by atoms with Crippen molar-refractivity contribution in [3.05, 3.63) is 47.0 Å². The Balaban J connectivity index is 0.000000387. The van der Waals surface area contributed by atoms with Crippen molar-refractivity contribution in [2.45, 2.75) is 26.4 Å². The van der Waals surface area contributed by atoms with E-state index in [1.807, 2.05) is 24.3 Å². The molecule has 0 radical (unpaired) electrons. The van der Waals surface area contributed by atoms with E-state index in [0.29, 0.717) is 17.2 Å². The zero-order chi connectivity index (χ0) is 20.4. The fourth-order valence-electron chi connectivity index (χ4n) is 2.61. The zero-order valence-electron chi connectivity index (χ0n) is 15.3. The molecule has 27 heavy (non-hydrogen) atoms. The molecule has 1 heterocycles. The van der Waals surface area contributed by atoms with E-state index in [1.54, 1.807) is 0 Å². The second-order valence-electron chi connectivity index (χ2n) is 5.91. The molecule has 8 heteroatoms. The number of halogens is 1. The lowest BCUT2D eigenvalue weighted by molar-refractivity contribution is -0.145. The van der Waals surface area contributed by atoms with Crippen molar-refractivity contribution in [3.8, 4) is 0 Å². The van der Waals surface area contributed by atoms with E-state index in [9.17, 15) is 14.4 Å². The van der Waals surface area contributed by atoms with Gasteiger partial charge in [-0.05, 0) is 30.8 Å². The summed E-state index contributed by atoms with van der Waals surface area (Å²) < 4.78 is 5.48. The molecular formula is C19H24ClNO6. The molecule has 2 atom stereocenters. The van der Waals surface area contributed by atoms with Crippen LogP contribution in [0.5, 0.6) is 0 Å². The minimum atomic E-state index is -1.26. The molecule has 1 aromatic carbocycles. The summed E-state index contributed by atoms with van der Waals surface area (Å²) in [4.78, 5) is 33.3. The van der Waals surface area contributed by atoms with Crippen molar-refractivity contribution in [2.24, 2.45) is 5.92 Å². The zero-order valence-corrected chi connectivity index (χ0v) is 16.1. The van der Waals surface area contributed by atoms with Gasteiger partial charge in [0.2, 0.25) is 0 Å². The third kappa shape index (κ3) is 8.23. The number of hydrogen-bond acceptors (Lipinski definition) is 5. The van der Waals surface area contributed by atoms with Crippen LogP contribution in [-0.2, 0) is 19.1 Å². The number of rotatable bonds is 7. The molecule has 0 aromatic heterocycles. The number of nitrogens with zero attached hydrogens (tertiary/aromatic N) is 1. The second-order valence-corrected chi connectivity index (χ2v) is 6.34. The standard InChI is InChI=1S/C15H20ClNO2.C4H4O4/c1-3-17(4-2)10-12-9-14(19-15(12)18)11-5-7-13(16)8-6-11;5-3(6)1-2-4(7)8/h5-8,12,14H,3-4,9-10H2,1-2H3;1-2H,(H,5,6)(H,7,8)/b;2-1+. The molecule has 148 valence electrons. The van der Waals surface area contributed by atoms with Crippen LogP contribution in [-0.4, -0.2) is 52.7 Å². The molecule has 2 rings (SSSR count). The molecule has 0 spiro atoms. The molecule has 1 saturated heterocycles. The predicted molar refractivity (Wildman–Crippen MR) is 101 cm³/mol. The van der Waals surface area contributed by atoms with Crippen LogP contribution >= 0.6 is 11.6 Å². The summed E-state index contributed by atoms with van der Waals surface area (Å²) in [6.45, 7) is 6.94. The third-order valence-electron chi connectivity index (χ3n) is 4.07. The first-order chi connectivity index (χ1) is 12.8. The number of carboxylic acid groups (broad SMARTS) is 2. The maximum atomic E-state index is 11.9. The van der Waals surface area contributed by atoms with Crippen molar-refractivity contribution < 1.29 is 29.3 Å². The molecule has 1 aliphatic rings. The Morgan fingerprint density at radius 1 is 1.15 bits per heavy atom. The van der Waals surface area contributed by atoms with Gasteiger partial charge in [0.05, 0.1) is 5.92 Å². The Morgan fingerprint density at radius 3 is 2.11 bits per heavy atom. The van der Waals surface area contributed by atoms with Crippen LogP contribution in [0.3, 0.4) is 0 Å². The van der Waals surface area contributed by atoms with E-state index in [1.165, 1.54) is 0 Å². The Kier molecular flexibility index (Phi) is 9.53. The highest BCUT2D eigenvalue weighted by Crippen LogP contribution is 2.34. The molecular weight excluding hydrogens is 374 g/mol. The van der Waals surface area contributed by atoms with Crippen LogP contribution < -0.4 is 0 Å². The summed E-state index contributed by atoms with van der Waals surface area (Å²) >= 11 is 5.87. The summed E-state index contributed by atoms with van der Waals surface area (Å²) in [5.41, 5.74) is 1.03. The van der Waals surface area contributed by atoms with Gasteiger partial charge in [0, 0.05) is 30.1 Å². The first-order valence-electron chi connectivity index (χ1n) is 8.59. The number of carbonyl (C=O) groups excluding carboxylic acids is 1. The Bertz CT molecular complexity index is 653.